The van der Waals surface area contributed by atoms with Crippen LogP contribution in [0.25, 0.3) is 0 Å². The maximum Gasteiger partial charge on any atom is 0.338 e. The highest BCUT2D eigenvalue weighted by molar-refractivity contribution is 5.97. The fourth-order valence-corrected chi connectivity index (χ4v) is 2.05. The lowest BCUT2D eigenvalue weighted by Crippen LogP contribution is -2.11. The van der Waals surface area contributed by atoms with Gasteiger partial charge in [0.05, 0.1) is 25.3 Å². The van der Waals surface area contributed by atoms with Crippen LogP contribution in [0.5, 0.6) is 11.5 Å². The van der Waals surface area contributed by atoms with Crippen LogP contribution in [0.2, 0.25) is 0 Å². The van der Waals surface area contributed by atoms with E-state index in [0.29, 0.717) is 5.75 Å². The zero-order valence-corrected chi connectivity index (χ0v) is 15.0. The molecule has 0 atom stereocenters. The Bertz CT molecular complexity index is 881. The molecule has 0 spiro atoms. The quantitative estimate of drug-likeness (QED) is 0.424. The van der Waals surface area contributed by atoms with E-state index in [9.17, 15) is 19.2 Å². The molecular formula is C20H16O8. The van der Waals surface area contributed by atoms with Crippen molar-refractivity contribution >= 4 is 23.9 Å². The van der Waals surface area contributed by atoms with E-state index >= 15 is 0 Å². The standard InChI is InChI=1S/C20H16O8/c1-25-19(23)13-10-14(20(24)26-2)12-16(11-13)28-18(22)9-8-17(21)27-15-6-4-3-5-7-15/h3-12H,1-2H3/b9-8-. The molecule has 0 bridgehead atoms. The number of carbonyl (C=O) groups is 4. The van der Waals surface area contributed by atoms with Crippen LogP contribution in [-0.2, 0) is 19.1 Å². The highest BCUT2D eigenvalue weighted by Crippen LogP contribution is 2.19. The molecule has 0 saturated heterocycles. The molecule has 0 aliphatic heterocycles. The Kier molecular flexibility index (Phi) is 7.04. The molecule has 0 aliphatic carbocycles. The number of benzene rings is 2. The third-order valence-electron chi connectivity index (χ3n) is 3.28. The van der Waals surface area contributed by atoms with Crippen molar-refractivity contribution in [2.75, 3.05) is 14.2 Å². The van der Waals surface area contributed by atoms with Gasteiger partial charge in [0, 0.05) is 12.2 Å². The summed E-state index contributed by atoms with van der Waals surface area (Å²) in [6.07, 6.45) is 1.74. The van der Waals surface area contributed by atoms with Crippen LogP contribution in [0, 0.1) is 0 Å². The van der Waals surface area contributed by atoms with E-state index in [4.69, 9.17) is 9.47 Å². The summed E-state index contributed by atoms with van der Waals surface area (Å²) in [4.78, 5) is 47.0. The molecule has 0 radical (unpaired) electrons. The Morgan fingerprint density at radius 2 is 1.14 bits per heavy atom. The van der Waals surface area contributed by atoms with Crippen molar-refractivity contribution in [2.45, 2.75) is 0 Å². The van der Waals surface area contributed by atoms with Gasteiger partial charge in [0.25, 0.3) is 0 Å². The monoisotopic (exact) mass is 384 g/mol. The van der Waals surface area contributed by atoms with Gasteiger partial charge in [-0.25, -0.2) is 19.2 Å². The molecule has 2 rings (SSSR count). The SMILES string of the molecule is COC(=O)c1cc(OC(=O)/C=C\C(=O)Oc2ccccc2)cc(C(=O)OC)c1. The Morgan fingerprint density at radius 3 is 1.61 bits per heavy atom. The second-order valence-corrected chi connectivity index (χ2v) is 5.22. The molecule has 144 valence electrons. The lowest BCUT2D eigenvalue weighted by molar-refractivity contribution is -0.131. The fourth-order valence-electron chi connectivity index (χ4n) is 2.05. The average molecular weight is 384 g/mol. The number of rotatable bonds is 6. The van der Waals surface area contributed by atoms with Crippen molar-refractivity contribution in [1.82, 2.24) is 0 Å². The van der Waals surface area contributed by atoms with E-state index in [1.165, 1.54) is 32.4 Å². The normalized spacial score (nSPS) is 10.2. The summed E-state index contributed by atoms with van der Waals surface area (Å²) < 4.78 is 19.2. The Balaban J connectivity index is 2.10. The maximum atomic E-state index is 11.9. The smallest absolute Gasteiger partial charge is 0.338 e. The molecule has 0 aliphatic rings. The lowest BCUT2D eigenvalue weighted by atomic mass is 10.1. The van der Waals surface area contributed by atoms with Crippen molar-refractivity contribution in [1.29, 1.82) is 0 Å². The van der Waals surface area contributed by atoms with Gasteiger partial charge in [0.1, 0.15) is 11.5 Å². The number of ether oxygens (including phenoxy) is 4. The number of methoxy groups -OCH3 is 2. The molecule has 0 heterocycles. The van der Waals surface area contributed by atoms with E-state index in [-0.39, 0.29) is 16.9 Å². The van der Waals surface area contributed by atoms with Crippen LogP contribution >= 0.6 is 0 Å². The Morgan fingerprint density at radius 1 is 0.679 bits per heavy atom. The number of esters is 4. The third kappa shape index (κ3) is 5.80. The summed E-state index contributed by atoms with van der Waals surface area (Å²) >= 11 is 0. The molecule has 0 aromatic heterocycles. The zero-order valence-electron chi connectivity index (χ0n) is 15.0. The van der Waals surface area contributed by atoms with Gasteiger partial charge in [-0.1, -0.05) is 18.2 Å². The van der Waals surface area contributed by atoms with Gasteiger partial charge in [0.15, 0.2) is 0 Å². The van der Waals surface area contributed by atoms with E-state index in [2.05, 4.69) is 9.47 Å². The minimum absolute atomic E-state index is 0.0133. The highest BCUT2D eigenvalue weighted by Gasteiger charge is 2.15. The van der Waals surface area contributed by atoms with Gasteiger partial charge in [-0.2, -0.15) is 0 Å². The van der Waals surface area contributed by atoms with Crippen molar-refractivity contribution in [3.8, 4) is 11.5 Å². The first-order valence-electron chi connectivity index (χ1n) is 7.91. The van der Waals surface area contributed by atoms with Crippen LogP contribution in [0.3, 0.4) is 0 Å². The van der Waals surface area contributed by atoms with Gasteiger partial charge in [-0.15, -0.1) is 0 Å². The van der Waals surface area contributed by atoms with Gasteiger partial charge in [0.2, 0.25) is 0 Å². The summed E-state index contributed by atoms with van der Waals surface area (Å²) in [5.74, 6) is -2.94. The number of carbonyl (C=O) groups excluding carboxylic acids is 4. The molecule has 28 heavy (non-hydrogen) atoms. The Hall–Kier alpha value is -3.94. The number of para-hydroxylation sites is 1. The molecule has 0 N–H and O–H groups in total. The molecule has 0 amide bonds. The molecule has 0 unspecified atom stereocenters. The van der Waals surface area contributed by atoms with Crippen LogP contribution < -0.4 is 9.47 Å². The first kappa shape index (κ1) is 20.4. The van der Waals surface area contributed by atoms with Crippen LogP contribution in [0.4, 0.5) is 0 Å². The molecule has 0 saturated carbocycles. The molecular weight excluding hydrogens is 368 g/mol. The molecule has 0 fully saturated rings. The summed E-state index contributed by atoms with van der Waals surface area (Å²) in [7, 11) is 2.33. The number of hydrogen-bond acceptors (Lipinski definition) is 8. The summed E-state index contributed by atoms with van der Waals surface area (Å²) in [6.45, 7) is 0. The van der Waals surface area contributed by atoms with Crippen molar-refractivity contribution in [3.63, 3.8) is 0 Å². The van der Waals surface area contributed by atoms with Crippen molar-refractivity contribution in [3.05, 3.63) is 71.8 Å². The lowest BCUT2D eigenvalue weighted by Gasteiger charge is -2.07. The van der Waals surface area contributed by atoms with E-state index in [1.54, 1.807) is 30.3 Å². The fraction of sp³-hybridized carbons (Fsp3) is 0.100. The zero-order chi connectivity index (χ0) is 20.5. The largest absolute Gasteiger partial charge is 0.465 e. The van der Waals surface area contributed by atoms with Crippen molar-refractivity contribution < 1.29 is 38.1 Å². The van der Waals surface area contributed by atoms with Gasteiger partial charge in [-0.3, -0.25) is 0 Å². The average Bonchev–Trinajstić information content (AvgIpc) is 2.71. The molecule has 2 aromatic rings. The van der Waals surface area contributed by atoms with Crippen LogP contribution in [0.1, 0.15) is 20.7 Å². The highest BCUT2D eigenvalue weighted by atomic mass is 16.5. The van der Waals surface area contributed by atoms with E-state index < -0.39 is 23.9 Å². The first-order valence-corrected chi connectivity index (χ1v) is 7.91. The topological polar surface area (TPSA) is 105 Å². The predicted molar refractivity (Wildman–Crippen MR) is 96.0 cm³/mol. The minimum atomic E-state index is -0.914. The van der Waals surface area contributed by atoms with Gasteiger partial charge < -0.3 is 18.9 Å². The van der Waals surface area contributed by atoms with E-state index in [0.717, 1.165) is 12.2 Å². The van der Waals surface area contributed by atoms with Gasteiger partial charge in [-0.05, 0) is 30.3 Å². The van der Waals surface area contributed by atoms with Gasteiger partial charge >= 0.3 is 23.9 Å². The Labute approximate surface area is 160 Å². The molecule has 2 aromatic carbocycles. The minimum Gasteiger partial charge on any atom is -0.465 e. The third-order valence-corrected chi connectivity index (χ3v) is 3.28. The maximum absolute atomic E-state index is 11.9. The number of hydrogen-bond donors (Lipinski definition) is 0. The van der Waals surface area contributed by atoms with Crippen molar-refractivity contribution in [2.24, 2.45) is 0 Å². The second kappa shape index (κ2) is 9.67. The molecule has 8 nitrogen and oxygen atoms in total. The predicted octanol–water partition coefficient (Wildman–Crippen LogP) is 2.33. The summed E-state index contributed by atoms with van der Waals surface area (Å²) in [5, 5.41) is 0. The van der Waals surface area contributed by atoms with E-state index in [1.807, 2.05) is 0 Å². The molecule has 8 heteroatoms. The first-order chi connectivity index (χ1) is 13.4. The summed E-state index contributed by atoms with van der Waals surface area (Å²) in [5.41, 5.74) is -0.0265. The second-order valence-electron chi connectivity index (χ2n) is 5.22. The van der Waals surface area contributed by atoms with Crippen LogP contribution in [-0.4, -0.2) is 38.1 Å². The van der Waals surface area contributed by atoms with Crippen LogP contribution in [0.15, 0.2) is 60.7 Å². The summed E-state index contributed by atoms with van der Waals surface area (Å²) in [6, 6.07) is 12.0.